The van der Waals surface area contributed by atoms with Gasteiger partial charge in [-0.15, -0.1) is 11.3 Å². The molecular weight excluding hydrogens is 380 g/mol. The molecule has 0 aliphatic carbocycles. The van der Waals surface area contributed by atoms with E-state index in [-0.39, 0.29) is 22.4 Å². The molecule has 1 N–H and O–H groups in total. The Morgan fingerprint density at radius 2 is 2.05 bits per heavy atom. The molecular formula is C12H13BrN2O4S2. The maximum absolute atomic E-state index is 11.9. The molecule has 2 rings (SSSR count). The average Bonchev–Trinajstić information content (AvgIpc) is 3.04. The van der Waals surface area contributed by atoms with Gasteiger partial charge in [-0.2, -0.15) is 0 Å². The van der Waals surface area contributed by atoms with Crippen LogP contribution in [0.1, 0.15) is 15.4 Å². The first-order valence-corrected chi connectivity index (χ1v) is 8.90. The number of carbonyl (C=O) groups excluding carboxylic acids is 1. The van der Waals surface area contributed by atoms with Gasteiger partial charge in [-0.05, 0) is 40.2 Å². The zero-order valence-corrected chi connectivity index (χ0v) is 14.5. The van der Waals surface area contributed by atoms with Crippen LogP contribution >= 0.6 is 27.3 Å². The summed E-state index contributed by atoms with van der Waals surface area (Å²) in [6.45, 7) is 0.241. The Morgan fingerprint density at radius 3 is 2.62 bits per heavy atom. The molecule has 114 valence electrons. The largest absolute Gasteiger partial charge is 0.444 e. The normalized spacial score (nSPS) is 11.8. The van der Waals surface area contributed by atoms with Crippen molar-refractivity contribution in [3.05, 3.63) is 39.6 Å². The summed E-state index contributed by atoms with van der Waals surface area (Å²) in [4.78, 5) is 12.5. The minimum Gasteiger partial charge on any atom is -0.444 e. The number of hydrogen-bond donors (Lipinski definition) is 1. The molecule has 0 aliphatic heterocycles. The summed E-state index contributed by atoms with van der Waals surface area (Å²) in [7, 11) is -0.474. The summed E-state index contributed by atoms with van der Waals surface area (Å²) < 4.78 is 30.9. The van der Waals surface area contributed by atoms with E-state index in [1.807, 2.05) is 0 Å². The van der Waals surface area contributed by atoms with Gasteiger partial charge < -0.3 is 9.73 Å². The summed E-state index contributed by atoms with van der Waals surface area (Å²) in [5, 5.41) is 2.67. The Morgan fingerprint density at radius 1 is 1.33 bits per heavy atom. The third-order valence-electron chi connectivity index (χ3n) is 2.59. The molecule has 9 heteroatoms. The van der Waals surface area contributed by atoms with Crippen LogP contribution in [0.3, 0.4) is 0 Å². The lowest BCUT2D eigenvalue weighted by Gasteiger charge is -2.08. The maximum Gasteiger partial charge on any atom is 0.287 e. The van der Waals surface area contributed by atoms with Gasteiger partial charge >= 0.3 is 0 Å². The van der Waals surface area contributed by atoms with E-state index in [4.69, 9.17) is 4.42 Å². The van der Waals surface area contributed by atoms with E-state index in [1.54, 1.807) is 18.2 Å². The second kappa shape index (κ2) is 6.30. The number of halogens is 1. The van der Waals surface area contributed by atoms with Gasteiger partial charge in [-0.3, -0.25) is 4.79 Å². The molecule has 0 spiro atoms. The third kappa shape index (κ3) is 3.73. The van der Waals surface area contributed by atoms with Gasteiger partial charge in [0, 0.05) is 19.0 Å². The van der Waals surface area contributed by atoms with Crippen molar-refractivity contribution in [1.82, 2.24) is 9.62 Å². The fourth-order valence-corrected chi connectivity index (χ4v) is 4.23. The molecule has 6 nitrogen and oxygen atoms in total. The van der Waals surface area contributed by atoms with E-state index < -0.39 is 10.0 Å². The van der Waals surface area contributed by atoms with Crippen molar-refractivity contribution in [1.29, 1.82) is 0 Å². The van der Waals surface area contributed by atoms with Crippen LogP contribution in [0.25, 0.3) is 0 Å². The van der Waals surface area contributed by atoms with Gasteiger partial charge in [0.05, 0.1) is 6.54 Å². The van der Waals surface area contributed by atoms with E-state index in [1.165, 1.54) is 20.2 Å². The molecule has 0 saturated carbocycles. The SMILES string of the molecule is CN(C)S(=O)(=O)c1ccc(CNC(=O)c2ccc(Br)o2)s1. The lowest BCUT2D eigenvalue weighted by Crippen LogP contribution is -2.22. The van der Waals surface area contributed by atoms with Gasteiger partial charge in [-0.1, -0.05) is 0 Å². The lowest BCUT2D eigenvalue weighted by molar-refractivity contribution is 0.0922. The van der Waals surface area contributed by atoms with Gasteiger partial charge in [-0.25, -0.2) is 12.7 Å². The Bertz CT molecular complexity index is 749. The number of rotatable bonds is 5. The molecule has 1 amide bonds. The molecule has 0 aromatic carbocycles. The summed E-state index contributed by atoms with van der Waals surface area (Å²) in [6, 6.07) is 6.39. The molecule has 0 saturated heterocycles. The van der Waals surface area contributed by atoms with Crippen LogP contribution in [0, 0.1) is 0 Å². The summed E-state index contributed by atoms with van der Waals surface area (Å²) in [6.07, 6.45) is 0. The van der Waals surface area contributed by atoms with E-state index in [0.29, 0.717) is 4.67 Å². The minimum absolute atomic E-state index is 0.194. The highest BCUT2D eigenvalue weighted by molar-refractivity contribution is 9.10. The number of thiophene rings is 1. The van der Waals surface area contributed by atoms with Crippen LogP contribution in [0.15, 0.2) is 37.6 Å². The molecule has 2 aromatic heterocycles. The highest BCUT2D eigenvalue weighted by Gasteiger charge is 2.19. The van der Waals surface area contributed by atoms with Crippen molar-refractivity contribution in [3.8, 4) is 0 Å². The van der Waals surface area contributed by atoms with Gasteiger partial charge in [0.15, 0.2) is 10.4 Å². The molecule has 0 atom stereocenters. The first-order valence-electron chi connectivity index (χ1n) is 5.85. The first kappa shape index (κ1) is 16.2. The van der Waals surface area contributed by atoms with E-state index >= 15 is 0 Å². The molecule has 2 aromatic rings. The Kier molecular flexibility index (Phi) is 4.87. The van der Waals surface area contributed by atoms with Crippen molar-refractivity contribution in [3.63, 3.8) is 0 Å². The predicted molar refractivity (Wildman–Crippen MR) is 82.8 cm³/mol. The Hall–Kier alpha value is -1.16. The van der Waals surface area contributed by atoms with E-state index in [9.17, 15) is 13.2 Å². The number of sulfonamides is 1. The lowest BCUT2D eigenvalue weighted by atomic mass is 10.4. The number of nitrogens with one attached hydrogen (secondary N) is 1. The van der Waals surface area contributed by atoms with E-state index in [2.05, 4.69) is 21.2 Å². The van der Waals surface area contributed by atoms with Crippen LogP contribution in [0.2, 0.25) is 0 Å². The Labute approximate surface area is 134 Å². The molecule has 0 aliphatic rings. The van der Waals surface area contributed by atoms with Crippen LogP contribution in [-0.4, -0.2) is 32.7 Å². The zero-order chi connectivity index (χ0) is 15.6. The highest BCUT2D eigenvalue weighted by Crippen LogP contribution is 2.23. The van der Waals surface area contributed by atoms with Crippen LogP contribution in [0.5, 0.6) is 0 Å². The van der Waals surface area contributed by atoms with Crippen molar-refractivity contribution < 1.29 is 17.6 Å². The van der Waals surface area contributed by atoms with Gasteiger partial charge in [0.25, 0.3) is 15.9 Å². The summed E-state index contributed by atoms with van der Waals surface area (Å²) in [5.41, 5.74) is 0. The number of hydrogen-bond acceptors (Lipinski definition) is 5. The van der Waals surface area contributed by atoms with Crippen LogP contribution in [-0.2, 0) is 16.6 Å². The van der Waals surface area contributed by atoms with E-state index in [0.717, 1.165) is 20.5 Å². The van der Waals surface area contributed by atoms with Crippen molar-refractivity contribution in [2.75, 3.05) is 14.1 Å². The Balaban J connectivity index is 2.02. The fourth-order valence-electron chi connectivity index (χ4n) is 1.46. The zero-order valence-electron chi connectivity index (χ0n) is 11.3. The molecule has 0 unspecified atom stereocenters. The van der Waals surface area contributed by atoms with Crippen molar-refractivity contribution >= 4 is 43.2 Å². The van der Waals surface area contributed by atoms with Crippen molar-refractivity contribution in [2.45, 2.75) is 10.8 Å². The number of carbonyl (C=O) groups is 1. The minimum atomic E-state index is -3.43. The third-order valence-corrected chi connectivity index (χ3v) is 6.39. The highest BCUT2D eigenvalue weighted by atomic mass is 79.9. The smallest absolute Gasteiger partial charge is 0.287 e. The first-order chi connectivity index (χ1) is 9.80. The monoisotopic (exact) mass is 392 g/mol. The standard InChI is InChI=1S/C12H13BrN2O4S2/c1-15(2)21(17,18)11-6-3-8(20-11)7-14-12(16)9-4-5-10(13)19-9/h3-6H,7H2,1-2H3,(H,14,16). The molecule has 0 fully saturated rings. The number of nitrogens with zero attached hydrogens (tertiary/aromatic N) is 1. The second-order valence-electron chi connectivity index (χ2n) is 4.29. The van der Waals surface area contributed by atoms with Gasteiger partial charge in [0.2, 0.25) is 0 Å². The summed E-state index contributed by atoms with van der Waals surface area (Å²) in [5.74, 6) is -0.161. The second-order valence-corrected chi connectivity index (χ2v) is 8.62. The number of amides is 1. The maximum atomic E-state index is 11.9. The van der Waals surface area contributed by atoms with Crippen LogP contribution in [0.4, 0.5) is 0 Å². The molecule has 21 heavy (non-hydrogen) atoms. The topological polar surface area (TPSA) is 79.6 Å². The van der Waals surface area contributed by atoms with Crippen molar-refractivity contribution in [2.24, 2.45) is 0 Å². The van der Waals surface area contributed by atoms with Crippen LogP contribution < -0.4 is 5.32 Å². The van der Waals surface area contributed by atoms with Gasteiger partial charge in [0.1, 0.15) is 4.21 Å². The summed E-state index contributed by atoms with van der Waals surface area (Å²) >= 11 is 4.25. The number of furan rings is 1. The predicted octanol–water partition coefficient (Wildman–Crippen LogP) is 2.28. The molecule has 2 heterocycles. The fraction of sp³-hybridized carbons (Fsp3) is 0.250. The molecule has 0 bridgehead atoms. The average molecular weight is 393 g/mol. The molecule has 0 radical (unpaired) electrons. The quantitative estimate of drug-likeness (QED) is 0.846.